The molecule has 0 aliphatic heterocycles. The minimum absolute atomic E-state index is 0.121. The fourth-order valence-electron chi connectivity index (χ4n) is 5.35. The number of hydrogen-bond donors (Lipinski definition) is 0. The molecular formula is C30H24FNOS. The van der Waals surface area contributed by atoms with E-state index in [1.165, 1.54) is 15.6 Å². The normalized spacial score (nSPS) is 14.4. The quantitative estimate of drug-likeness (QED) is 0.259. The maximum absolute atomic E-state index is 15.1. The predicted octanol–water partition coefficient (Wildman–Crippen LogP) is 9.23. The molecule has 1 saturated carbocycles. The second kappa shape index (κ2) is 7.38. The highest BCUT2D eigenvalue weighted by Crippen LogP contribution is 2.47. The van der Waals surface area contributed by atoms with Crippen molar-refractivity contribution in [3.8, 4) is 11.3 Å². The lowest BCUT2D eigenvalue weighted by Crippen LogP contribution is -1.93. The third kappa shape index (κ3) is 3.01. The molecule has 7 rings (SSSR count). The van der Waals surface area contributed by atoms with Gasteiger partial charge in [-0.05, 0) is 88.0 Å². The third-order valence-corrected chi connectivity index (χ3v) is 8.10. The number of fused-ring (bicyclic) bond motifs is 6. The molecule has 2 nitrogen and oxygen atoms in total. The molecule has 1 aliphatic rings. The number of rotatable bonds is 4. The smallest absolute Gasteiger partial charge is 0.145 e. The van der Waals surface area contributed by atoms with Crippen LogP contribution in [0.15, 0.2) is 64.5 Å². The van der Waals surface area contributed by atoms with E-state index in [2.05, 4.69) is 43.5 Å². The SMILES string of the molecule is CC(C)Cc1csc2c(-c3cc4ccccc4c4c3oc3cc(C5CC5)c(F)cc34)nccc12. The number of pyridine rings is 1. The van der Waals surface area contributed by atoms with Gasteiger partial charge in [-0.15, -0.1) is 11.3 Å². The number of aromatic nitrogens is 1. The van der Waals surface area contributed by atoms with Crippen LogP contribution < -0.4 is 0 Å². The number of furan rings is 1. The molecule has 0 radical (unpaired) electrons. The lowest BCUT2D eigenvalue weighted by molar-refractivity contribution is 0.609. The van der Waals surface area contributed by atoms with Crippen molar-refractivity contribution in [2.24, 2.45) is 5.92 Å². The Hall–Kier alpha value is -3.24. The highest BCUT2D eigenvalue weighted by atomic mass is 32.1. The first-order valence-electron chi connectivity index (χ1n) is 12.0. The van der Waals surface area contributed by atoms with Crippen LogP contribution in [0.4, 0.5) is 4.39 Å². The number of hydrogen-bond acceptors (Lipinski definition) is 3. The van der Waals surface area contributed by atoms with E-state index in [1.54, 1.807) is 17.4 Å². The van der Waals surface area contributed by atoms with Crippen molar-refractivity contribution in [1.29, 1.82) is 0 Å². The molecule has 0 unspecified atom stereocenters. The number of halogens is 1. The Labute approximate surface area is 201 Å². The first kappa shape index (κ1) is 20.2. The zero-order valence-corrected chi connectivity index (χ0v) is 20.0. The summed E-state index contributed by atoms with van der Waals surface area (Å²) in [6, 6.07) is 16.2. The molecule has 3 aromatic carbocycles. The average Bonchev–Trinajstić information content (AvgIpc) is 3.50. The number of thiophene rings is 1. The van der Waals surface area contributed by atoms with Gasteiger partial charge < -0.3 is 4.42 Å². The maximum atomic E-state index is 15.1. The number of benzene rings is 3. The Balaban J connectivity index is 1.57. The van der Waals surface area contributed by atoms with Crippen LogP contribution in [0.5, 0.6) is 0 Å². The van der Waals surface area contributed by atoms with Crippen molar-refractivity contribution < 1.29 is 8.81 Å². The van der Waals surface area contributed by atoms with Crippen LogP contribution in [0.1, 0.15) is 43.7 Å². The molecule has 4 heteroatoms. The second-order valence-corrected chi connectivity index (χ2v) is 10.9. The van der Waals surface area contributed by atoms with Crippen molar-refractivity contribution in [2.75, 3.05) is 0 Å². The van der Waals surface area contributed by atoms with Crippen LogP contribution in [0.25, 0.3) is 54.1 Å². The highest BCUT2D eigenvalue weighted by molar-refractivity contribution is 7.18. The maximum Gasteiger partial charge on any atom is 0.145 e. The van der Waals surface area contributed by atoms with Crippen molar-refractivity contribution >= 4 is 54.1 Å². The summed E-state index contributed by atoms with van der Waals surface area (Å²) in [4.78, 5) is 4.85. The van der Waals surface area contributed by atoms with E-state index in [-0.39, 0.29) is 5.82 Å². The third-order valence-electron chi connectivity index (χ3n) is 7.05. The van der Waals surface area contributed by atoms with Crippen molar-refractivity contribution in [2.45, 2.75) is 39.0 Å². The van der Waals surface area contributed by atoms with E-state index in [9.17, 15) is 0 Å². The van der Waals surface area contributed by atoms with E-state index < -0.39 is 0 Å². The van der Waals surface area contributed by atoms with E-state index in [4.69, 9.17) is 9.40 Å². The molecule has 0 bridgehead atoms. The van der Waals surface area contributed by atoms with E-state index >= 15 is 4.39 Å². The Morgan fingerprint density at radius 1 is 1.06 bits per heavy atom. The minimum atomic E-state index is -0.121. The molecule has 0 N–H and O–H groups in total. The van der Waals surface area contributed by atoms with Crippen LogP contribution in [0.2, 0.25) is 0 Å². The molecule has 6 aromatic rings. The molecule has 0 spiro atoms. The molecule has 0 saturated heterocycles. The van der Waals surface area contributed by atoms with Crippen LogP contribution in [-0.4, -0.2) is 4.98 Å². The summed E-state index contributed by atoms with van der Waals surface area (Å²) in [5.74, 6) is 0.798. The van der Waals surface area contributed by atoms with Gasteiger partial charge in [-0.25, -0.2) is 4.39 Å². The first-order chi connectivity index (χ1) is 16.6. The van der Waals surface area contributed by atoms with Crippen molar-refractivity contribution in [3.05, 3.63) is 77.1 Å². The van der Waals surface area contributed by atoms with Crippen molar-refractivity contribution in [3.63, 3.8) is 0 Å². The molecule has 168 valence electrons. The zero-order chi connectivity index (χ0) is 23.0. The van der Waals surface area contributed by atoms with Crippen molar-refractivity contribution in [1.82, 2.24) is 4.98 Å². The Bertz CT molecular complexity index is 1740. The minimum Gasteiger partial charge on any atom is -0.455 e. The Morgan fingerprint density at radius 3 is 2.74 bits per heavy atom. The van der Waals surface area contributed by atoms with Crippen LogP contribution in [0, 0.1) is 11.7 Å². The summed E-state index contributed by atoms with van der Waals surface area (Å²) in [6.45, 7) is 4.50. The molecule has 0 atom stereocenters. The van der Waals surface area contributed by atoms with Gasteiger partial charge in [0.15, 0.2) is 0 Å². The summed E-state index contributed by atoms with van der Waals surface area (Å²) in [6.07, 6.45) is 5.06. The predicted molar refractivity (Wildman–Crippen MR) is 140 cm³/mol. The topological polar surface area (TPSA) is 26.0 Å². The van der Waals surface area contributed by atoms with Gasteiger partial charge in [-0.2, -0.15) is 0 Å². The Kier molecular flexibility index (Phi) is 4.38. The molecule has 3 heterocycles. The van der Waals surface area contributed by atoms with Gasteiger partial charge in [-0.3, -0.25) is 4.98 Å². The van der Waals surface area contributed by atoms with E-state index in [1.807, 2.05) is 24.4 Å². The molecular weight excluding hydrogens is 441 g/mol. The molecule has 0 amide bonds. The summed E-state index contributed by atoms with van der Waals surface area (Å²) < 4.78 is 22.8. The average molecular weight is 466 g/mol. The van der Waals surface area contributed by atoms with Gasteiger partial charge in [0.2, 0.25) is 0 Å². The number of nitrogens with zero attached hydrogens (tertiary/aromatic N) is 1. The Morgan fingerprint density at radius 2 is 1.91 bits per heavy atom. The van der Waals surface area contributed by atoms with Gasteiger partial charge in [0.05, 0.1) is 10.4 Å². The lowest BCUT2D eigenvalue weighted by Gasteiger charge is -2.08. The van der Waals surface area contributed by atoms with Gasteiger partial charge in [0.1, 0.15) is 17.0 Å². The fraction of sp³-hybridized carbons (Fsp3) is 0.233. The second-order valence-electron chi connectivity index (χ2n) is 9.99. The summed E-state index contributed by atoms with van der Waals surface area (Å²) >= 11 is 1.75. The van der Waals surface area contributed by atoms with Crippen LogP contribution in [-0.2, 0) is 6.42 Å². The lowest BCUT2D eigenvalue weighted by atomic mass is 9.97. The largest absolute Gasteiger partial charge is 0.455 e. The first-order valence-corrected chi connectivity index (χ1v) is 12.9. The molecule has 34 heavy (non-hydrogen) atoms. The summed E-state index contributed by atoms with van der Waals surface area (Å²) in [5, 5.41) is 7.54. The van der Waals surface area contributed by atoms with Crippen LogP contribution >= 0.6 is 11.3 Å². The highest BCUT2D eigenvalue weighted by Gasteiger charge is 2.28. The standard InChI is InChI=1S/C30H24FNOS/c1-16(2)11-19-15-34-30-21(19)9-10-32-28(30)24-12-18-5-3-4-6-20(18)27-23-13-25(31)22(17-7-8-17)14-26(23)33-29(24)27/h3-6,9-10,12-17H,7-8,11H2,1-2H3. The fourth-order valence-corrected chi connectivity index (χ4v) is 6.43. The summed E-state index contributed by atoms with van der Waals surface area (Å²) in [5.41, 5.74) is 5.62. The van der Waals surface area contributed by atoms with Gasteiger partial charge >= 0.3 is 0 Å². The zero-order valence-electron chi connectivity index (χ0n) is 19.2. The monoisotopic (exact) mass is 465 g/mol. The molecule has 1 fully saturated rings. The summed E-state index contributed by atoms with van der Waals surface area (Å²) in [7, 11) is 0. The van der Waals surface area contributed by atoms with E-state index in [0.717, 1.165) is 68.8 Å². The van der Waals surface area contributed by atoms with Gasteiger partial charge in [0, 0.05) is 22.5 Å². The van der Waals surface area contributed by atoms with E-state index in [0.29, 0.717) is 11.8 Å². The van der Waals surface area contributed by atoms with Crippen LogP contribution in [0.3, 0.4) is 0 Å². The molecule has 1 aliphatic carbocycles. The van der Waals surface area contributed by atoms with Gasteiger partial charge in [0.25, 0.3) is 0 Å². The molecule has 3 aromatic heterocycles. The van der Waals surface area contributed by atoms with Gasteiger partial charge in [-0.1, -0.05) is 38.1 Å².